The van der Waals surface area contributed by atoms with Crippen molar-refractivity contribution in [1.29, 1.82) is 0 Å². The highest BCUT2D eigenvalue weighted by Gasteiger charge is 2.53. The molecule has 17 atom stereocenters. The Morgan fingerprint density at radius 3 is 2.10 bits per heavy atom. The summed E-state index contributed by atoms with van der Waals surface area (Å²) in [6, 6.07) is -0.346. The molecule has 0 spiro atoms. The van der Waals surface area contributed by atoms with Crippen molar-refractivity contribution < 1.29 is 63.5 Å². The molecular weight excluding hydrogens is 654 g/mol. The molecule has 0 aromatic carbocycles. The van der Waals surface area contributed by atoms with Crippen LogP contribution in [-0.2, 0) is 38.0 Å². The van der Waals surface area contributed by atoms with Crippen molar-refractivity contribution in [3.05, 3.63) is 12.7 Å². The zero-order valence-corrected chi connectivity index (χ0v) is 31.6. The van der Waals surface area contributed by atoms with Gasteiger partial charge in [-0.2, -0.15) is 0 Å². The van der Waals surface area contributed by atoms with Gasteiger partial charge in [-0.15, -0.1) is 6.58 Å². The summed E-state index contributed by atoms with van der Waals surface area (Å²) >= 11 is 0. The predicted molar refractivity (Wildman–Crippen MR) is 182 cm³/mol. The van der Waals surface area contributed by atoms with Crippen molar-refractivity contribution in [3.63, 3.8) is 0 Å². The van der Waals surface area contributed by atoms with Gasteiger partial charge in [0.1, 0.15) is 35.8 Å². The number of esters is 1. The summed E-state index contributed by atoms with van der Waals surface area (Å²) in [6.45, 7) is 16.2. The summed E-state index contributed by atoms with van der Waals surface area (Å²) in [6.07, 6.45) is -7.79. The Hall–Kier alpha value is -1.56. The summed E-state index contributed by atoms with van der Waals surface area (Å²) in [4.78, 5) is 29.3. The molecule has 0 aliphatic carbocycles. The predicted octanol–water partition coefficient (Wildman–Crippen LogP) is 1.17. The fraction of sp³-hybridized carbons (Fsp3) is 0.889. The van der Waals surface area contributed by atoms with Crippen molar-refractivity contribution in [2.75, 3.05) is 27.8 Å². The number of cyclic esters (lactones) is 1. The molecule has 0 radical (unpaired) electrons. The molecule has 0 aromatic rings. The van der Waals surface area contributed by atoms with Crippen LogP contribution in [0.2, 0.25) is 0 Å². The number of hydrogen-bond donors (Lipinski definition) is 5. The largest absolute Gasteiger partial charge is 0.462 e. The van der Waals surface area contributed by atoms with Crippen LogP contribution >= 0.6 is 0 Å². The molecule has 50 heavy (non-hydrogen) atoms. The van der Waals surface area contributed by atoms with E-state index in [1.807, 2.05) is 25.9 Å². The number of hydrogen-bond acceptors (Lipinski definition) is 14. The number of carbonyl (C=O) groups excluding carboxylic acids is 2. The number of ketones is 1. The van der Waals surface area contributed by atoms with E-state index in [4.69, 9.17) is 28.4 Å². The third kappa shape index (κ3) is 9.14. The third-order valence-electron chi connectivity index (χ3n) is 11.2. The van der Waals surface area contributed by atoms with Gasteiger partial charge >= 0.3 is 5.97 Å². The lowest BCUT2D eigenvalue weighted by Gasteiger charge is -2.49. The number of carbonyl (C=O) groups is 2. The van der Waals surface area contributed by atoms with Gasteiger partial charge < -0.3 is 58.9 Å². The molecule has 14 heteroatoms. The van der Waals surface area contributed by atoms with Gasteiger partial charge in [-0.1, -0.05) is 26.8 Å². The number of rotatable bonds is 7. The fourth-order valence-corrected chi connectivity index (χ4v) is 7.75. The van der Waals surface area contributed by atoms with Crippen LogP contribution in [0.4, 0.5) is 0 Å². The van der Waals surface area contributed by atoms with E-state index in [0.717, 1.165) is 0 Å². The Morgan fingerprint density at radius 1 is 0.920 bits per heavy atom. The van der Waals surface area contributed by atoms with E-state index in [-0.39, 0.29) is 25.0 Å². The van der Waals surface area contributed by atoms with E-state index < -0.39 is 108 Å². The first kappa shape index (κ1) is 42.8. The van der Waals surface area contributed by atoms with Crippen molar-refractivity contribution in [2.45, 2.75) is 153 Å². The number of nitrogens with zero attached hydrogens (tertiary/aromatic N) is 1. The van der Waals surface area contributed by atoms with Crippen molar-refractivity contribution in [1.82, 2.24) is 4.90 Å². The minimum Gasteiger partial charge on any atom is -0.462 e. The lowest BCUT2D eigenvalue weighted by atomic mass is 9.74. The first-order valence-corrected chi connectivity index (χ1v) is 17.7. The summed E-state index contributed by atoms with van der Waals surface area (Å²) in [5.74, 6) is -5.21. The van der Waals surface area contributed by atoms with Crippen LogP contribution in [-0.4, -0.2) is 148 Å². The van der Waals surface area contributed by atoms with Crippen LogP contribution in [0.1, 0.15) is 74.7 Å². The monoisotopic (exact) mass is 717 g/mol. The van der Waals surface area contributed by atoms with Crippen LogP contribution in [0.15, 0.2) is 12.7 Å². The molecule has 3 aliphatic heterocycles. The molecule has 3 rings (SSSR count). The van der Waals surface area contributed by atoms with E-state index >= 15 is 0 Å². The second-order valence-electron chi connectivity index (χ2n) is 15.7. The maximum absolute atomic E-state index is 13.8. The lowest BCUT2D eigenvalue weighted by Crippen LogP contribution is -2.61. The number of ether oxygens (including phenoxy) is 6. The van der Waals surface area contributed by atoms with E-state index in [1.54, 1.807) is 34.6 Å². The Labute approximate surface area is 297 Å². The third-order valence-corrected chi connectivity index (χ3v) is 11.2. The topological polar surface area (TPSA) is 194 Å². The van der Waals surface area contributed by atoms with Gasteiger partial charge in [-0.05, 0) is 61.6 Å². The summed E-state index contributed by atoms with van der Waals surface area (Å²) in [5, 5.41) is 57.0. The van der Waals surface area contributed by atoms with Crippen molar-refractivity contribution >= 4 is 11.8 Å². The maximum atomic E-state index is 13.8. The zero-order chi connectivity index (χ0) is 38.1. The molecule has 0 amide bonds. The fourth-order valence-electron chi connectivity index (χ4n) is 7.75. The van der Waals surface area contributed by atoms with Crippen LogP contribution < -0.4 is 0 Å². The SMILES string of the molecule is C=C[C@@]1(O)C[C@@H](C)C(=O)[C@H](C)C(O)[C@](C)(O)COC(=O)[C@H](C)C(OC2CC(C)(OC)C(O)C(C)O2)[C@H](C)C1OC1OC(C)CC(N(C)C)C1O. The molecule has 14 nitrogen and oxygen atoms in total. The van der Waals surface area contributed by atoms with Gasteiger partial charge in [0, 0.05) is 37.3 Å². The molecule has 3 aliphatic rings. The number of aliphatic hydroxyl groups is 5. The molecule has 0 bridgehead atoms. The van der Waals surface area contributed by atoms with Crippen LogP contribution in [0.3, 0.4) is 0 Å². The van der Waals surface area contributed by atoms with Crippen LogP contribution in [0.25, 0.3) is 0 Å². The van der Waals surface area contributed by atoms with Crippen LogP contribution in [0.5, 0.6) is 0 Å². The second-order valence-corrected chi connectivity index (χ2v) is 15.7. The standard InChI is InChI=1S/C36H63NO13/c1-13-36(44)15-18(2)26(38)20(4)29(40)34(8,43)17-46-32(42)22(6)28(49-25-16-35(9,45-12)30(41)23(7)48-25)21(5)31(36)50-33-27(39)24(37(10)11)14-19(3)47-33/h13,18-25,27-31,33,39-41,43-44H,1,14-17H2,2-12H3/t18-,19?,20+,21+,22-,23?,24?,25?,27?,28?,29?,30?,31?,33?,34-,35?,36-/m1/s1. The smallest absolute Gasteiger partial charge is 0.311 e. The minimum atomic E-state index is -1.98. The summed E-state index contributed by atoms with van der Waals surface area (Å²) in [5.41, 5.74) is -5.02. The molecule has 3 saturated heterocycles. The second kappa shape index (κ2) is 16.6. The van der Waals surface area contributed by atoms with Gasteiger partial charge in [0.05, 0.1) is 42.0 Å². The van der Waals surface area contributed by atoms with Gasteiger partial charge in [0.25, 0.3) is 0 Å². The average Bonchev–Trinajstić information content (AvgIpc) is 3.06. The highest BCUT2D eigenvalue weighted by atomic mass is 16.7. The Balaban J connectivity index is 2.18. The van der Waals surface area contributed by atoms with E-state index in [2.05, 4.69) is 6.58 Å². The highest BCUT2D eigenvalue weighted by Crippen LogP contribution is 2.40. The zero-order valence-electron chi connectivity index (χ0n) is 31.6. The number of methoxy groups -OCH3 is 1. The molecule has 290 valence electrons. The Bertz CT molecular complexity index is 1170. The number of Topliss-reactive ketones (excluding diaryl/α,β-unsaturated/α-hetero) is 1. The van der Waals surface area contributed by atoms with Gasteiger partial charge in [-0.25, -0.2) is 0 Å². The van der Waals surface area contributed by atoms with Crippen molar-refractivity contribution in [3.8, 4) is 0 Å². The molecule has 5 N–H and O–H groups in total. The Morgan fingerprint density at radius 2 is 1.54 bits per heavy atom. The summed E-state index contributed by atoms with van der Waals surface area (Å²) in [7, 11) is 5.14. The molecule has 11 unspecified atom stereocenters. The van der Waals surface area contributed by atoms with E-state index in [1.165, 1.54) is 27.0 Å². The van der Waals surface area contributed by atoms with E-state index in [9.17, 15) is 35.1 Å². The maximum Gasteiger partial charge on any atom is 0.311 e. The highest BCUT2D eigenvalue weighted by molar-refractivity contribution is 5.83. The normalized spacial score (nSPS) is 48.9. The first-order valence-electron chi connectivity index (χ1n) is 17.7. The average molecular weight is 718 g/mol. The van der Waals surface area contributed by atoms with Crippen LogP contribution in [0, 0.1) is 23.7 Å². The van der Waals surface area contributed by atoms with Gasteiger partial charge in [0.2, 0.25) is 0 Å². The molecule has 3 heterocycles. The van der Waals surface area contributed by atoms with Crippen molar-refractivity contribution in [2.24, 2.45) is 23.7 Å². The molecule has 0 saturated carbocycles. The van der Waals surface area contributed by atoms with Gasteiger partial charge in [0.15, 0.2) is 12.6 Å². The Kier molecular flexibility index (Phi) is 14.3. The summed E-state index contributed by atoms with van der Waals surface area (Å²) < 4.78 is 36.5. The quantitative estimate of drug-likeness (QED) is 0.186. The molecule has 3 fully saturated rings. The van der Waals surface area contributed by atoms with Gasteiger partial charge in [-0.3, -0.25) is 9.59 Å². The number of aliphatic hydroxyl groups excluding tert-OH is 3. The minimum absolute atomic E-state index is 0.0774. The van der Waals surface area contributed by atoms with E-state index in [0.29, 0.717) is 6.42 Å². The lowest BCUT2D eigenvalue weighted by molar-refractivity contribution is -0.315. The molecular formula is C36H63NO13. The first-order chi connectivity index (χ1) is 23.0. The number of likely N-dealkylation sites (N-methyl/N-ethyl adjacent to an activating group) is 1. The molecule has 0 aromatic heterocycles.